The Morgan fingerprint density at radius 1 is 1.41 bits per heavy atom. The normalized spacial score (nSPS) is 19.1. The predicted molar refractivity (Wildman–Crippen MR) is 84.8 cm³/mol. The maximum absolute atomic E-state index is 5.85. The Balaban J connectivity index is 1.92. The molecule has 0 amide bonds. The number of hydrogen-bond donors (Lipinski definition) is 1. The first-order valence-electron chi connectivity index (χ1n) is 7.91. The minimum atomic E-state index is 0.245. The van der Waals surface area contributed by atoms with Gasteiger partial charge in [0.2, 0.25) is 5.95 Å². The number of nitrogens with zero attached hydrogens (tertiary/aromatic N) is 5. The van der Waals surface area contributed by atoms with Gasteiger partial charge in [-0.25, -0.2) is 0 Å². The summed E-state index contributed by atoms with van der Waals surface area (Å²) in [6, 6.07) is 0. The van der Waals surface area contributed by atoms with Gasteiger partial charge in [-0.05, 0) is 19.8 Å². The Kier molecular flexibility index (Phi) is 4.15. The molecule has 1 unspecified atom stereocenters. The minimum Gasteiger partial charge on any atom is -0.374 e. The molecule has 0 aliphatic carbocycles. The van der Waals surface area contributed by atoms with E-state index in [9.17, 15) is 0 Å². The molecular formula is C15H24N6O. The van der Waals surface area contributed by atoms with Gasteiger partial charge in [-0.15, -0.1) is 10.2 Å². The lowest BCUT2D eigenvalue weighted by Gasteiger charge is -2.35. The summed E-state index contributed by atoms with van der Waals surface area (Å²) in [5, 5.41) is 15.9. The van der Waals surface area contributed by atoms with Crippen LogP contribution in [0.2, 0.25) is 0 Å². The number of H-pyrrole nitrogens is 1. The van der Waals surface area contributed by atoms with Crippen molar-refractivity contribution in [3.8, 4) is 11.4 Å². The smallest absolute Gasteiger partial charge is 0.227 e. The van der Waals surface area contributed by atoms with Gasteiger partial charge in [0.15, 0.2) is 5.82 Å². The van der Waals surface area contributed by atoms with Gasteiger partial charge < -0.3 is 9.64 Å². The van der Waals surface area contributed by atoms with Crippen molar-refractivity contribution in [2.75, 3.05) is 24.6 Å². The summed E-state index contributed by atoms with van der Waals surface area (Å²) in [7, 11) is 0. The SMILES string of the molecule is CCn1c(-c2cn[nH]c2C)nnc1N1CCOC(C(C)C)C1. The zero-order chi connectivity index (χ0) is 15.7. The highest BCUT2D eigenvalue weighted by atomic mass is 16.5. The Morgan fingerprint density at radius 3 is 2.86 bits per heavy atom. The highest BCUT2D eigenvalue weighted by Crippen LogP contribution is 2.26. The van der Waals surface area contributed by atoms with Crippen LogP contribution >= 0.6 is 0 Å². The third kappa shape index (κ3) is 2.61. The lowest BCUT2D eigenvalue weighted by molar-refractivity contribution is 0.0107. The van der Waals surface area contributed by atoms with Crippen molar-refractivity contribution >= 4 is 5.95 Å². The second-order valence-electron chi connectivity index (χ2n) is 6.08. The van der Waals surface area contributed by atoms with Gasteiger partial charge in [0.05, 0.1) is 24.5 Å². The summed E-state index contributed by atoms with van der Waals surface area (Å²) in [6.45, 7) is 11.8. The highest BCUT2D eigenvalue weighted by molar-refractivity contribution is 5.59. The molecule has 1 saturated heterocycles. The van der Waals surface area contributed by atoms with E-state index < -0.39 is 0 Å². The number of hydrogen-bond acceptors (Lipinski definition) is 5. The molecule has 1 fully saturated rings. The quantitative estimate of drug-likeness (QED) is 0.933. The average Bonchev–Trinajstić information content (AvgIpc) is 3.12. The molecule has 1 atom stereocenters. The van der Waals surface area contributed by atoms with E-state index in [1.165, 1.54) is 0 Å². The number of anilines is 1. The summed E-state index contributed by atoms with van der Waals surface area (Å²) >= 11 is 0. The third-order valence-corrected chi connectivity index (χ3v) is 4.24. The molecule has 2 aromatic heterocycles. The summed E-state index contributed by atoms with van der Waals surface area (Å²) < 4.78 is 8.00. The van der Waals surface area contributed by atoms with E-state index in [4.69, 9.17) is 4.74 Å². The van der Waals surface area contributed by atoms with Crippen LogP contribution in [0, 0.1) is 12.8 Å². The fraction of sp³-hybridized carbons (Fsp3) is 0.667. The Hall–Kier alpha value is -1.89. The Bertz CT molecular complexity index is 632. The lowest BCUT2D eigenvalue weighted by Crippen LogP contribution is -2.45. The summed E-state index contributed by atoms with van der Waals surface area (Å²) in [6.07, 6.45) is 2.06. The molecule has 0 saturated carbocycles. The molecule has 22 heavy (non-hydrogen) atoms. The molecule has 0 aromatic carbocycles. The van der Waals surface area contributed by atoms with Crippen LogP contribution in [-0.4, -0.2) is 50.8 Å². The predicted octanol–water partition coefficient (Wildman–Crippen LogP) is 1.86. The van der Waals surface area contributed by atoms with Crippen LogP contribution in [0.1, 0.15) is 26.5 Å². The van der Waals surface area contributed by atoms with E-state index in [1.54, 1.807) is 0 Å². The molecule has 1 N–H and O–H groups in total. The zero-order valence-electron chi connectivity index (χ0n) is 13.7. The Labute approximate surface area is 130 Å². The van der Waals surface area contributed by atoms with Gasteiger partial charge >= 0.3 is 0 Å². The zero-order valence-corrected chi connectivity index (χ0v) is 13.7. The molecule has 0 spiro atoms. The van der Waals surface area contributed by atoms with Crippen molar-refractivity contribution < 1.29 is 4.74 Å². The summed E-state index contributed by atoms with van der Waals surface area (Å²) in [5.41, 5.74) is 2.02. The fourth-order valence-corrected chi connectivity index (χ4v) is 2.86. The molecule has 120 valence electrons. The van der Waals surface area contributed by atoms with E-state index in [2.05, 4.69) is 50.6 Å². The van der Waals surface area contributed by atoms with Crippen molar-refractivity contribution in [1.29, 1.82) is 0 Å². The molecule has 0 radical (unpaired) electrons. The largest absolute Gasteiger partial charge is 0.374 e. The van der Waals surface area contributed by atoms with Crippen LogP contribution in [0.25, 0.3) is 11.4 Å². The average molecular weight is 304 g/mol. The van der Waals surface area contributed by atoms with Crippen molar-refractivity contribution in [2.45, 2.75) is 40.3 Å². The highest BCUT2D eigenvalue weighted by Gasteiger charge is 2.27. The number of nitrogens with one attached hydrogen (secondary N) is 1. The number of rotatable bonds is 4. The molecule has 3 heterocycles. The Morgan fingerprint density at radius 2 is 2.23 bits per heavy atom. The minimum absolute atomic E-state index is 0.245. The monoisotopic (exact) mass is 304 g/mol. The van der Waals surface area contributed by atoms with Crippen molar-refractivity contribution in [2.24, 2.45) is 5.92 Å². The van der Waals surface area contributed by atoms with Crippen LogP contribution in [-0.2, 0) is 11.3 Å². The van der Waals surface area contributed by atoms with Crippen LogP contribution < -0.4 is 4.90 Å². The van der Waals surface area contributed by atoms with Gasteiger partial charge in [-0.3, -0.25) is 9.67 Å². The van der Waals surface area contributed by atoms with Gasteiger partial charge in [0.25, 0.3) is 0 Å². The number of morpholine rings is 1. The fourth-order valence-electron chi connectivity index (χ4n) is 2.86. The molecule has 3 rings (SSSR count). The van der Waals surface area contributed by atoms with Crippen LogP contribution in [0.15, 0.2) is 6.20 Å². The molecule has 1 aliphatic rings. The third-order valence-electron chi connectivity index (χ3n) is 4.24. The molecular weight excluding hydrogens is 280 g/mol. The first-order chi connectivity index (χ1) is 10.6. The van der Waals surface area contributed by atoms with Gasteiger partial charge in [0, 0.05) is 25.3 Å². The molecule has 2 aromatic rings. The molecule has 7 heteroatoms. The van der Waals surface area contributed by atoms with Gasteiger partial charge in [-0.1, -0.05) is 13.8 Å². The molecule has 7 nitrogen and oxygen atoms in total. The molecule has 1 aliphatic heterocycles. The summed E-state index contributed by atoms with van der Waals surface area (Å²) in [5.74, 6) is 2.29. The molecule has 0 bridgehead atoms. The van der Waals surface area contributed by atoms with E-state index in [-0.39, 0.29) is 6.10 Å². The maximum Gasteiger partial charge on any atom is 0.227 e. The first-order valence-corrected chi connectivity index (χ1v) is 7.91. The van der Waals surface area contributed by atoms with Gasteiger partial charge in [0.1, 0.15) is 0 Å². The van der Waals surface area contributed by atoms with E-state index in [1.807, 2.05) is 13.1 Å². The van der Waals surface area contributed by atoms with Gasteiger partial charge in [-0.2, -0.15) is 5.10 Å². The standard InChI is InChI=1S/C15H24N6O/c1-5-21-14(12-8-16-17-11(12)4)18-19-15(21)20-6-7-22-13(9-20)10(2)3/h8,10,13H,5-7,9H2,1-4H3,(H,16,17). The summed E-state index contributed by atoms with van der Waals surface area (Å²) in [4.78, 5) is 2.28. The first kappa shape index (κ1) is 15.0. The number of aromatic nitrogens is 5. The maximum atomic E-state index is 5.85. The topological polar surface area (TPSA) is 71.9 Å². The van der Waals surface area contributed by atoms with Crippen LogP contribution in [0.5, 0.6) is 0 Å². The number of ether oxygens (including phenoxy) is 1. The van der Waals surface area contributed by atoms with Crippen molar-refractivity contribution in [3.63, 3.8) is 0 Å². The van der Waals surface area contributed by atoms with Crippen molar-refractivity contribution in [3.05, 3.63) is 11.9 Å². The van der Waals surface area contributed by atoms with E-state index in [0.717, 1.165) is 49.3 Å². The van der Waals surface area contributed by atoms with E-state index in [0.29, 0.717) is 5.92 Å². The second kappa shape index (κ2) is 6.08. The number of aryl methyl sites for hydroxylation is 1. The second-order valence-corrected chi connectivity index (χ2v) is 6.08. The number of aromatic amines is 1. The van der Waals surface area contributed by atoms with Crippen molar-refractivity contribution in [1.82, 2.24) is 25.0 Å². The van der Waals surface area contributed by atoms with Crippen LogP contribution in [0.3, 0.4) is 0 Å². The lowest BCUT2D eigenvalue weighted by atomic mass is 10.1. The van der Waals surface area contributed by atoms with Crippen LogP contribution in [0.4, 0.5) is 5.95 Å². The van der Waals surface area contributed by atoms with E-state index >= 15 is 0 Å².